The number of hydrogen-bond donors (Lipinski definition) is 2. The summed E-state index contributed by atoms with van der Waals surface area (Å²) in [4.78, 5) is 0. The molecule has 0 aliphatic heterocycles. The van der Waals surface area contributed by atoms with Gasteiger partial charge in [-0.05, 0) is 49.2 Å². The summed E-state index contributed by atoms with van der Waals surface area (Å²) >= 11 is 0. The van der Waals surface area contributed by atoms with Crippen LogP contribution in [0.25, 0.3) is 0 Å². The van der Waals surface area contributed by atoms with Crippen LogP contribution in [0.3, 0.4) is 0 Å². The van der Waals surface area contributed by atoms with Crippen molar-refractivity contribution in [3.05, 3.63) is 46.9 Å². The monoisotopic (exact) mass is 245 g/mol. The Kier molecular flexibility index (Phi) is 3.60. The van der Waals surface area contributed by atoms with Gasteiger partial charge in [-0.1, -0.05) is 6.92 Å². The number of rotatable bonds is 4. The standard InChI is InChI=1S/C15H19NO2/c1-4-12-5-6-13(18-12)9-16-14-7-11(3)15(17)8-10(14)2/h5-8,16-17H,4,9H2,1-3H3. The van der Waals surface area contributed by atoms with E-state index >= 15 is 0 Å². The summed E-state index contributed by atoms with van der Waals surface area (Å²) in [6.07, 6.45) is 0.914. The van der Waals surface area contributed by atoms with Gasteiger partial charge in [0.2, 0.25) is 0 Å². The summed E-state index contributed by atoms with van der Waals surface area (Å²) in [5, 5.41) is 12.9. The fourth-order valence-electron chi connectivity index (χ4n) is 1.88. The minimum absolute atomic E-state index is 0.337. The van der Waals surface area contributed by atoms with Gasteiger partial charge in [0.05, 0.1) is 6.54 Å². The second-order valence-corrected chi connectivity index (χ2v) is 4.53. The largest absolute Gasteiger partial charge is 0.508 e. The van der Waals surface area contributed by atoms with Crippen LogP contribution in [0, 0.1) is 13.8 Å². The molecule has 1 aromatic heterocycles. The molecular formula is C15H19NO2. The van der Waals surface area contributed by atoms with Gasteiger partial charge < -0.3 is 14.8 Å². The van der Waals surface area contributed by atoms with Gasteiger partial charge in [-0.15, -0.1) is 0 Å². The van der Waals surface area contributed by atoms with Gasteiger partial charge in [-0.2, -0.15) is 0 Å². The van der Waals surface area contributed by atoms with Crippen molar-refractivity contribution in [3.8, 4) is 5.75 Å². The van der Waals surface area contributed by atoms with Crippen molar-refractivity contribution in [2.45, 2.75) is 33.7 Å². The Balaban J connectivity index is 2.08. The van der Waals surface area contributed by atoms with Gasteiger partial charge in [0.15, 0.2) is 0 Å². The average molecular weight is 245 g/mol. The van der Waals surface area contributed by atoms with E-state index in [1.807, 2.05) is 32.0 Å². The van der Waals surface area contributed by atoms with Crippen LogP contribution in [0.2, 0.25) is 0 Å². The Bertz CT molecular complexity index is 543. The predicted molar refractivity (Wildman–Crippen MR) is 73.0 cm³/mol. The van der Waals surface area contributed by atoms with Gasteiger partial charge in [0, 0.05) is 12.1 Å². The fourth-order valence-corrected chi connectivity index (χ4v) is 1.88. The van der Waals surface area contributed by atoms with Gasteiger partial charge in [0.1, 0.15) is 17.3 Å². The lowest BCUT2D eigenvalue weighted by molar-refractivity contribution is 0.470. The summed E-state index contributed by atoms with van der Waals surface area (Å²) in [5.74, 6) is 2.27. The van der Waals surface area contributed by atoms with Crippen molar-refractivity contribution < 1.29 is 9.52 Å². The van der Waals surface area contributed by atoms with Crippen LogP contribution in [-0.2, 0) is 13.0 Å². The molecule has 2 rings (SSSR count). The number of furan rings is 1. The summed E-state index contributed by atoms with van der Waals surface area (Å²) in [7, 11) is 0. The third kappa shape index (κ3) is 2.67. The highest BCUT2D eigenvalue weighted by molar-refractivity contribution is 5.56. The molecule has 0 fully saturated rings. The second kappa shape index (κ2) is 5.17. The Morgan fingerprint density at radius 1 is 1.11 bits per heavy atom. The van der Waals surface area contributed by atoms with Gasteiger partial charge in [-0.25, -0.2) is 0 Å². The van der Waals surface area contributed by atoms with E-state index in [1.165, 1.54) is 0 Å². The fraction of sp³-hybridized carbons (Fsp3) is 0.333. The zero-order valence-corrected chi connectivity index (χ0v) is 11.1. The number of aromatic hydroxyl groups is 1. The quantitative estimate of drug-likeness (QED) is 0.806. The zero-order valence-electron chi connectivity index (χ0n) is 11.1. The molecule has 0 bridgehead atoms. The topological polar surface area (TPSA) is 45.4 Å². The van der Waals surface area contributed by atoms with Crippen molar-refractivity contribution in [1.29, 1.82) is 0 Å². The van der Waals surface area contributed by atoms with Gasteiger partial charge >= 0.3 is 0 Å². The average Bonchev–Trinajstić information content (AvgIpc) is 2.80. The molecule has 3 heteroatoms. The molecule has 0 radical (unpaired) electrons. The van der Waals surface area contributed by atoms with Crippen LogP contribution in [0.4, 0.5) is 5.69 Å². The molecule has 0 aliphatic carbocycles. The number of anilines is 1. The van der Waals surface area contributed by atoms with Gasteiger partial charge in [0.25, 0.3) is 0 Å². The minimum atomic E-state index is 0.337. The highest BCUT2D eigenvalue weighted by atomic mass is 16.3. The van der Waals surface area contributed by atoms with Crippen molar-refractivity contribution >= 4 is 5.69 Å². The number of benzene rings is 1. The Hall–Kier alpha value is -1.90. The summed E-state index contributed by atoms with van der Waals surface area (Å²) in [6.45, 7) is 6.59. The molecule has 18 heavy (non-hydrogen) atoms. The summed E-state index contributed by atoms with van der Waals surface area (Å²) < 4.78 is 5.64. The first-order valence-electron chi connectivity index (χ1n) is 6.22. The molecule has 2 N–H and O–H groups in total. The van der Waals surface area contributed by atoms with E-state index in [4.69, 9.17) is 4.42 Å². The molecule has 1 aromatic carbocycles. The lowest BCUT2D eigenvalue weighted by Gasteiger charge is -2.10. The number of phenols is 1. The maximum absolute atomic E-state index is 9.60. The SMILES string of the molecule is CCc1ccc(CNc2cc(C)c(O)cc2C)o1. The molecule has 0 saturated carbocycles. The van der Waals surface area contributed by atoms with Crippen molar-refractivity contribution in [1.82, 2.24) is 0 Å². The maximum Gasteiger partial charge on any atom is 0.123 e. The first kappa shape index (κ1) is 12.6. The minimum Gasteiger partial charge on any atom is -0.508 e. The molecule has 3 nitrogen and oxygen atoms in total. The van der Waals surface area contributed by atoms with Crippen molar-refractivity contribution in [2.24, 2.45) is 0 Å². The highest BCUT2D eigenvalue weighted by Gasteiger charge is 2.05. The van der Waals surface area contributed by atoms with E-state index in [-0.39, 0.29) is 0 Å². The molecule has 0 unspecified atom stereocenters. The molecule has 0 atom stereocenters. The lowest BCUT2D eigenvalue weighted by atomic mass is 10.1. The zero-order chi connectivity index (χ0) is 13.1. The Labute approximate surface area is 107 Å². The van der Waals surface area contributed by atoms with Crippen LogP contribution < -0.4 is 5.32 Å². The Morgan fingerprint density at radius 3 is 2.50 bits per heavy atom. The summed E-state index contributed by atoms with van der Waals surface area (Å²) in [6, 6.07) is 7.73. The molecule has 1 heterocycles. The number of phenolic OH excluding ortho intramolecular Hbond substituents is 1. The molecule has 2 aromatic rings. The molecule has 0 aliphatic rings. The van der Waals surface area contributed by atoms with Crippen LogP contribution >= 0.6 is 0 Å². The van der Waals surface area contributed by atoms with E-state index in [0.29, 0.717) is 12.3 Å². The molecule has 0 spiro atoms. The van der Waals surface area contributed by atoms with Crippen LogP contribution in [0.1, 0.15) is 29.6 Å². The van der Waals surface area contributed by atoms with Gasteiger partial charge in [-0.3, -0.25) is 0 Å². The van der Waals surface area contributed by atoms with Crippen LogP contribution in [0.15, 0.2) is 28.7 Å². The number of hydrogen-bond acceptors (Lipinski definition) is 3. The van der Waals surface area contributed by atoms with E-state index in [0.717, 1.165) is 34.8 Å². The molecule has 96 valence electrons. The second-order valence-electron chi connectivity index (χ2n) is 4.53. The van der Waals surface area contributed by atoms with E-state index in [1.54, 1.807) is 6.07 Å². The van der Waals surface area contributed by atoms with Crippen molar-refractivity contribution in [3.63, 3.8) is 0 Å². The number of nitrogens with one attached hydrogen (secondary N) is 1. The van der Waals surface area contributed by atoms with E-state index < -0.39 is 0 Å². The molecule has 0 amide bonds. The first-order chi connectivity index (χ1) is 8.60. The Morgan fingerprint density at radius 2 is 1.83 bits per heavy atom. The molecule has 0 saturated heterocycles. The van der Waals surface area contributed by atoms with Crippen molar-refractivity contribution in [2.75, 3.05) is 5.32 Å². The van der Waals surface area contributed by atoms with E-state index in [9.17, 15) is 5.11 Å². The normalized spacial score (nSPS) is 10.6. The number of aryl methyl sites for hydroxylation is 3. The molecular weight excluding hydrogens is 226 g/mol. The van der Waals surface area contributed by atoms with E-state index in [2.05, 4.69) is 12.2 Å². The predicted octanol–water partition coefficient (Wildman–Crippen LogP) is 3.78. The lowest BCUT2D eigenvalue weighted by Crippen LogP contribution is -2.00. The van der Waals surface area contributed by atoms with Crippen LogP contribution in [-0.4, -0.2) is 5.11 Å². The van der Waals surface area contributed by atoms with Crippen LogP contribution in [0.5, 0.6) is 5.75 Å². The smallest absolute Gasteiger partial charge is 0.123 e. The summed E-state index contributed by atoms with van der Waals surface area (Å²) in [5.41, 5.74) is 2.93. The third-order valence-electron chi connectivity index (χ3n) is 3.06. The third-order valence-corrected chi connectivity index (χ3v) is 3.06. The highest BCUT2D eigenvalue weighted by Crippen LogP contribution is 2.25. The first-order valence-corrected chi connectivity index (χ1v) is 6.22. The maximum atomic E-state index is 9.60.